The molecule has 0 aliphatic rings. The average molecular weight is 126 g/mol. The minimum atomic E-state index is 0.160. The van der Waals surface area contributed by atoms with Crippen LogP contribution in [0.1, 0.15) is 26.7 Å². The van der Waals surface area contributed by atoms with Crippen LogP contribution >= 0.6 is 0 Å². The Labute approximate surface area is 56.5 Å². The van der Waals surface area contributed by atoms with E-state index in [9.17, 15) is 0 Å². The molecule has 0 aromatic carbocycles. The Morgan fingerprint density at radius 2 is 2.22 bits per heavy atom. The van der Waals surface area contributed by atoms with Gasteiger partial charge in [0.2, 0.25) is 0 Å². The molecule has 0 aliphatic carbocycles. The van der Waals surface area contributed by atoms with Gasteiger partial charge in [-0.3, -0.25) is 0 Å². The van der Waals surface area contributed by atoms with Crippen molar-refractivity contribution in [2.75, 3.05) is 0 Å². The normalized spacial score (nSPS) is 14.0. The van der Waals surface area contributed by atoms with Crippen LogP contribution in [0.2, 0.25) is 0 Å². The maximum Gasteiger partial charge on any atom is 0.0712 e. The van der Waals surface area contributed by atoms with Crippen LogP contribution in [0.4, 0.5) is 0 Å². The van der Waals surface area contributed by atoms with Crippen molar-refractivity contribution in [3.8, 4) is 0 Å². The molecule has 2 nitrogen and oxygen atoms in total. The van der Waals surface area contributed by atoms with Gasteiger partial charge in [-0.2, -0.15) is 5.11 Å². The molecule has 0 saturated heterocycles. The predicted octanol–water partition coefficient (Wildman–Crippen LogP) is 2.76. The highest BCUT2D eigenvalue weighted by molar-refractivity contribution is 4.83. The smallest absolute Gasteiger partial charge is 0.0712 e. The van der Waals surface area contributed by atoms with Crippen LogP contribution in [0.15, 0.2) is 17.3 Å². The van der Waals surface area contributed by atoms with Gasteiger partial charge in [0.15, 0.2) is 0 Å². The fraction of sp³-hybridized carbons (Fsp3) is 0.714. The quantitative estimate of drug-likeness (QED) is 0.444. The first kappa shape index (κ1) is 8.34. The molecule has 0 radical (unpaired) electrons. The van der Waals surface area contributed by atoms with Crippen LogP contribution in [0, 0.1) is 5.53 Å². The molecule has 0 aromatic heterocycles. The number of allylic oxidation sites excluding steroid dienone is 1. The number of nitrogens with zero attached hydrogens (tertiary/aromatic N) is 1. The van der Waals surface area contributed by atoms with Crippen LogP contribution in [0.3, 0.4) is 0 Å². The maximum absolute atomic E-state index is 6.64. The summed E-state index contributed by atoms with van der Waals surface area (Å²) in [5.74, 6) is 0. The predicted molar refractivity (Wildman–Crippen MR) is 38.7 cm³/mol. The largest absolute Gasteiger partial charge is 0.210 e. The van der Waals surface area contributed by atoms with Gasteiger partial charge in [-0.15, -0.1) is 0 Å². The molecule has 0 heterocycles. The summed E-state index contributed by atoms with van der Waals surface area (Å²) in [6.45, 7) is 4.03. The van der Waals surface area contributed by atoms with E-state index in [1.165, 1.54) is 0 Å². The van der Waals surface area contributed by atoms with Gasteiger partial charge in [-0.25, -0.2) is 5.53 Å². The summed E-state index contributed by atoms with van der Waals surface area (Å²) in [7, 11) is 0. The molecular formula is C7H14N2. The van der Waals surface area contributed by atoms with E-state index < -0.39 is 0 Å². The van der Waals surface area contributed by atoms with E-state index in [0.29, 0.717) is 0 Å². The zero-order valence-electron chi connectivity index (χ0n) is 6.09. The summed E-state index contributed by atoms with van der Waals surface area (Å²) in [4.78, 5) is 0. The first-order chi connectivity index (χ1) is 4.31. The van der Waals surface area contributed by atoms with Crippen molar-refractivity contribution in [3.63, 3.8) is 0 Å². The van der Waals surface area contributed by atoms with E-state index in [-0.39, 0.29) is 6.04 Å². The summed E-state index contributed by atoms with van der Waals surface area (Å²) in [6.07, 6.45) is 6.15. The standard InChI is InChI=1S/C7H14N2/c1-3-4-5-6-7(2)9-8/h4-5,7-8H,3,6H2,1-2H3/b5-4-,9-8?. The first-order valence-corrected chi connectivity index (χ1v) is 3.32. The minimum absolute atomic E-state index is 0.160. The van der Waals surface area contributed by atoms with Gasteiger partial charge < -0.3 is 0 Å². The second-order valence-corrected chi connectivity index (χ2v) is 2.09. The highest BCUT2D eigenvalue weighted by Gasteiger charge is 1.90. The molecule has 0 saturated carbocycles. The molecule has 52 valence electrons. The Morgan fingerprint density at radius 1 is 1.56 bits per heavy atom. The van der Waals surface area contributed by atoms with E-state index >= 15 is 0 Å². The first-order valence-electron chi connectivity index (χ1n) is 3.32. The van der Waals surface area contributed by atoms with E-state index in [1.54, 1.807) is 0 Å². The third kappa shape index (κ3) is 5.21. The lowest BCUT2D eigenvalue weighted by Crippen LogP contribution is -1.91. The second kappa shape index (κ2) is 5.48. The Morgan fingerprint density at radius 3 is 2.67 bits per heavy atom. The second-order valence-electron chi connectivity index (χ2n) is 2.09. The molecule has 0 aromatic rings. The molecule has 2 heteroatoms. The van der Waals surface area contributed by atoms with Crippen molar-refractivity contribution in [3.05, 3.63) is 12.2 Å². The topological polar surface area (TPSA) is 36.2 Å². The third-order valence-electron chi connectivity index (χ3n) is 1.10. The van der Waals surface area contributed by atoms with Crippen LogP contribution < -0.4 is 0 Å². The highest BCUT2D eigenvalue weighted by Crippen LogP contribution is 1.96. The lowest BCUT2D eigenvalue weighted by molar-refractivity contribution is 0.691. The van der Waals surface area contributed by atoms with Crippen molar-refractivity contribution >= 4 is 0 Å². The zero-order valence-corrected chi connectivity index (χ0v) is 6.09. The third-order valence-corrected chi connectivity index (χ3v) is 1.10. The lowest BCUT2D eigenvalue weighted by atomic mass is 10.2. The van der Waals surface area contributed by atoms with Crippen molar-refractivity contribution in [1.82, 2.24) is 0 Å². The monoisotopic (exact) mass is 126 g/mol. The summed E-state index contributed by atoms with van der Waals surface area (Å²) in [5.41, 5.74) is 6.64. The van der Waals surface area contributed by atoms with E-state index in [0.717, 1.165) is 12.8 Å². The maximum atomic E-state index is 6.64. The van der Waals surface area contributed by atoms with Crippen LogP contribution in [0.25, 0.3) is 0 Å². The zero-order chi connectivity index (χ0) is 7.11. The number of hydrogen-bond acceptors (Lipinski definition) is 2. The van der Waals surface area contributed by atoms with Crippen molar-refractivity contribution in [2.24, 2.45) is 5.11 Å². The summed E-state index contributed by atoms with van der Waals surface area (Å²) in [5, 5.41) is 3.36. The number of rotatable bonds is 4. The molecule has 0 amide bonds. The van der Waals surface area contributed by atoms with Gasteiger partial charge in [0.1, 0.15) is 0 Å². The van der Waals surface area contributed by atoms with Gasteiger partial charge in [-0.05, 0) is 19.8 Å². The summed E-state index contributed by atoms with van der Waals surface area (Å²) < 4.78 is 0. The molecule has 0 spiro atoms. The molecule has 0 rings (SSSR count). The lowest BCUT2D eigenvalue weighted by Gasteiger charge is -1.95. The fourth-order valence-electron chi connectivity index (χ4n) is 0.513. The van der Waals surface area contributed by atoms with Crippen LogP contribution in [0.5, 0.6) is 0 Å². The van der Waals surface area contributed by atoms with E-state index in [4.69, 9.17) is 5.53 Å². The molecule has 0 bridgehead atoms. The molecule has 1 atom stereocenters. The molecular weight excluding hydrogens is 112 g/mol. The van der Waals surface area contributed by atoms with E-state index in [2.05, 4.69) is 24.2 Å². The Balaban J connectivity index is 3.25. The SMILES string of the molecule is CC/C=C\CC(C)N=N. The van der Waals surface area contributed by atoms with Gasteiger partial charge in [0.05, 0.1) is 6.04 Å². The van der Waals surface area contributed by atoms with Gasteiger partial charge in [-0.1, -0.05) is 19.1 Å². The van der Waals surface area contributed by atoms with Crippen LogP contribution in [-0.2, 0) is 0 Å². The van der Waals surface area contributed by atoms with Crippen molar-refractivity contribution in [2.45, 2.75) is 32.7 Å². The molecule has 9 heavy (non-hydrogen) atoms. The Kier molecular flexibility index (Phi) is 5.07. The van der Waals surface area contributed by atoms with E-state index in [1.807, 2.05) is 6.92 Å². The Bertz CT molecular complexity index is 97.1. The van der Waals surface area contributed by atoms with Crippen molar-refractivity contribution in [1.29, 1.82) is 5.53 Å². The molecule has 1 N–H and O–H groups in total. The molecule has 1 unspecified atom stereocenters. The number of nitrogens with one attached hydrogen (secondary N) is 1. The summed E-state index contributed by atoms with van der Waals surface area (Å²) >= 11 is 0. The fourth-order valence-corrected chi connectivity index (χ4v) is 0.513. The van der Waals surface area contributed by atoms with Crippen LogP contribution in [-0.4, -0.2) is 6.04 Å². The highest BCUT2D eigenvalue weighted by atomic mass is 15.0. The van der Waals surface area contributed by atoms with Gasteiger partial charge in [0, 0.05) is 0 Å². The van der Waals surface area contributed by atoms with Gasteiger partial charge >= 0.3 is 0 Å². The molecule has 0 fully saturated rings. The minimum Gasteiger partial charge on any atom is -0.210 e. The van der Waals surface area contributed by atoms with Crippen molar-refractivity contribution < 1.29 is 0 Å². The molecule has 0 aliphatic heterocycles. The average Bonchev–Trinajstić information content (AvgIpc) is 1.89. The van der Waals surface area contributed by atoms with Gasteiger partial charge in [0.25, 0.3) is 0 Å². The Hall–Kier alpha value is -0.660. The summed E-state index contributed by atoms with van der Waals surface area (Å²) in [6, 6.07) is 0.160. The number of hydrogen-bond donors (Lipinski definition) is 1.